The highest BCUT2D eigenvalue weighted by Gasteiger charge is 2.05. The van der Waals surface area contributed by atoms with Crippen molar-refractivity contribution in [2.24, 2.45) is 0 Å². The summed E-state index contributed by atoms with van der Waals surface area (Å²) in [6.07, 6.45) is 3.46. The Kier molecular flexibility index (Phi) is 4.70. The minimum Gasteiger partial charge on any atom is -0.397 e. The van der Waals surface area contributed by atoms with Crippen LogP contribution in [0.15, 0.2) is 12.3 Å². The summed E-state index contributed by atoms with van der Waals surface area (Å²) in [5.74, 6) is -0.121. The zero-order valence-electron chi connectivity index (χ0n) is 8.88. The molecule has 0 aliphatic heterocycles. The SMILES string of the molecule is COCCCCNC(=O)c1cc(N)c[nH]1. The number of methoxy groups -OCH3 is 1. The van der Waals surface area contributed by atoms with Crippen molar-refractivity contribution in [3.63, 3.8) is 0 Å². The lowest BCUT2D eigenvalue weighted by atomic mass is 10.3. The second kappa shape index (κ2) is 6.08. The molecule has 84 valence electrons. The highest BCUT2D eigenvalue weighted by molar-refractivity contribution is 5.93. The topological polar surface area (TPSA) is 80.1 Å². The van der Waals surface area contributed by atoms with Crippen molar-refractivity contribution >= 4 is 11.6 Å². The van der Waals surface area contributed by atoms with Gasteiger partial charge in [-0.3, -0.25) is 4.79 Å². The number of carbonyl (C=O) groups is 1. The van der Waals surface area contributed by atoms with Crippen LogP contribution >= 0.6 is 0 Å². The van der Waals surface area contributed by atoms with Gasteiger partial charge in [0.1, 0.15) is 5.69 Å². The predicted octanol–water partition coefficient (Wildman–Crippen LogP) is 0.753. The maximum Gasteiger partial charge on any atom is 0.267 e. The highest BCUT2D eigenvalue weighted by Crippen LogP contribution is 2.03. The van der Waals surface area contributed by atoms with Gasteiger partial charge < -0.3 is 20.8 Å². The molecule has 4 N–H and O–H groups in total. The van der Waals surface area contributed by atoms with E-state index in [-0.39, 0.29) is 5.91 Å². The van der Waals surface area contributed by atoms with Gasteiger partial charge in [0.15, 0.2) is 0 Å². The van der Waals surface area contributed by atoms with Crippen LogP contribution in [0.5, 0.6) is 0 Å². The fraction of sp³-hybridized carbons (Fsp3) is 0.500. The number of nitrogens with one attached hydrogen (secondary N) is 2. The minimum atomic E-state index is -0.121. The van der Waals surface area contributed by atoms with E-state index in [1.165, 1.54) is 0 Å². The molecular weight excluding hydrogens is 194 g/mol. The number of nitrogens with two attached hydrogens (primary N) is 1. The van der Waals surface area contributed by atoms with Crippen LogP contribution < -0.4 is 11.1 Å². The normalized spacial score (nSPS) is 10.2. The predicted molar refractivity (Wildman–Crippen MR) is 58.6 cm³/mol. The summed E-state index contributed by atoms with van der Waals surface area (Å²) in [6, 6.07) is 1.62. The van der Waals surface area contributed by atoms with Crippen molar-refractivity contribution in [1.29, 1.82) is 0 Å². The number of aromatic amines is 1. The van der Waals surface area contributed by atoms with Gasteiger partial charge in [0.05, 0.1) is 0 Å². The molecule has 1 heterocycles. The van der Waals surface area contributed by atoms with Gasteiger partial charge in [-0.05, 0) is 18.9 Å². The maximum absolute atomic E-state index is 11.5. The van der Waals surface area contributed by atoms with E-state index in [9.17, 15) is 4.79 Å². The molecule has 1 amide bonds. The second-order valence-electron chi connectivity index (χ2n) is 3.30. The lowest BCUT2D eigenvalue weighted by Gasteiger charge is -2.02. The lowest BCUT2D eigenvalue weighted by molar-refractivity contribution is 0.0947. The summed E-state index contributed by atoms with van der Waals surface area (Å²) in [5.41, 5.74) is 6.55. The number of hydrogen-bond donors (Lipinski definition) is 3. The Balaban J connectivity index is 2.19. The number of nitrogen functional groups attached to an aromatic ring is 1. The number of unbranched alkanes of at least 4 members (excludes halogenated alkanes) is 1. The van der Waals surface area contributed by atoms with Gasteiger partial charge >= 0.3 is 0 Å². The van der Waals surface area contributed by atoms with Gasteiger partial charge in [-0.2, -0.15) is 0 Å². The van der Waals surface area contributed by atoms with Crippen LogP contribution in [-0.2, 0) is 4.74 Å². The van der Waals surface area contributed by atoms with Crippen molar-refractivity contribution in [3.05, 3.63) is 18.0 Å². The van der Waals surface area contributed by atoms with E-state index in [0.717, 1.165) is 19.4 Å². The molecular formula is C10H17N3O2. The molecule has 0 radical (unpaired) electrons. The molecule has 0 bridgehead atoms. The molecule has 5 nitrogen and oxygen atoms in total. The van der Waals surface area contributed by atoms with Crippen molar-refractivity contribution in [2.45, 2.75) is 12.8 Å². The number of ether oxygens (including phenoxy) is 1. The molecule has 1 aromatic heterocycles. The monoisotopic (exact) mass is 211 g/mol. The molecule has 0 spiro atoms. The summed E-state index contributed by atoms with van der Waals surface area (Å²) in [5, 5.41) is 2.79. The number of amides is 1. The first-order valence-corrected chi connectivity index (χ1v) is 4.95. The van der Waals surface area contributed by atoms with E-state index in [4.69, 9.17) is 10.5 Å². The minimum absolute atomic E-state index is 0.121. The third-order valence-electron chi connectivity index (χ3n) is 2.01. The molecule has 0 saturated carbocycles. The van der Waals surface area contributed by atoms with Crippen LogP contribution in [0.2, 0.25) is 0 Å². The fourth-order valence-corrected chi connectivity index (χ4v) is 1.21. The molecule has 0 unspecified atom stereocenters. The Bertz CT molecular complexity index is 309. The summed E-state index contributed by atoms with van der Waals surface area (Å²) >= 11 is 0. The van der Waals surface area contributed by atoms with Gasteiger partial charge in [0, 0.05) is 32.1 Å². The zero-order chi connectivity index (χ0) is 11.1. The van der Waals surface area contributed by atoms with Crippen molar-refractivity contribution in [3.8, 4) is 0 Å². The van der Waals surface area contributed by atoms with Crippen molar-refractivity contribution in [1.82, 2.24) is 10.3 Å². The molecule has 0 atom stereocenters. The molecule has 0 aromatic carbocycles. The average Bonchev–Trinajstić information content (AvgIpc) is 2.64. The summed E-state index contributed by atoms with van der Waals surface area (Å²) < 4.78 is 4.90. The molecule has 0 saturated heterocycles. The maximum atomic E-state index is 11.5. The van der Waals surface area contributed by atoms with Crippen LogP contribution in [-0.4, -0.2) is 31.2 Å². The molecule has 0 aliphatic carbocycles. The van der Waals surface area contributed by atoms with Gasteiger partial charge in [0.2, 0.25) is 0 Å². The van der Waals surface area contributed by atoms with Gasteiger partial charge in [-0.25, -0.2) is 0 Å². The van der Waals surface area contributed by atoms with Gasteiger partial charge in [-0.1, -0.05) is 0 Å². The first kappa shape index (κ1) is 11.6. The van der Waals surface area contributed by atoms with E-state index in [2.05, 4.69) is 10.3 Å². The van der Waals surface area contributed by atoms with E-state index in [0.29, 0.717) is 17.9 Å². The van der Waals surface area contributed by atoms with Crippen LogP contribution in [0, 0.1) is 0 Å². The number of aromatic nitrogens is 1. The lowest BCUT2D eigenvalue weighted by Crippen LogP contribution is -2.24. The molecule has 0 fully saturated rings. The van der Waals surface area contributed by atoms with Crippen LogP contribution in [0.1, 0.15) is 23.3 Å². The highest BCUT2D eigenvalue weighted by atomic mass is 16.5. The van der Waals surface area contributed by atoms with E-state index in [1.54, 1.807) is 19.4 Å². The first-order chi connectivity index (χ1) is 7.24. The summed E-state index contributed by atoms with van der Waals surface area (Å²) in [6.45, 7) is 1.38. The van der Waals surface area contributed by atoms with E-state index in [1.807, 2.05) is 0 Å². The third-order valence-corrected chi connectivity index (χ3v) is 2.01. The summed E-state index contributed by atoms with van der Waals surface area (Å²) in [7, 11) is 1.67. The zero-order valence-corrected chi connectivity index (χ0v) is 8.88. The number of hydrogen-bond acceptors (Lipinski definition) is 3. The van der Waals surface area contributed by atoms with E-state index >= 15 is 0 Å². The molecule has 1 aromatic rings. The molecule has 15 heavy (non-hydrogen) atoms. The average molecular weight is 211 g/mol. The first-order valence-electron chi connectivity index (χ1n) is 4.95. The van der Waals surface area contributed by atoms with Crippen molar-refractivity contribution in [2.75, 3.05) is 26.0 Å². The van der Waals surface area contributed by atoms with Crippen LogP contribution in [0.4, 0.5) is 5.69 Å². The number of H-pyrrole nitrogens is 1. The number of anilines is 1. The Morgan fingerprint density at radius 3 is 3.00 bits per heavy atom. The quantitative estimate of drug-likeness (QED) is 0.607. The Morgan fingerprint density at radius 2 is 2.40 bits per heavy atom. The standard InChI is InChI=1S/C10H17N3O2/c1-15-5-3-2-4-12-10(14)9-6-8(11)7-13-9/h6-7,13H,2-5,11H2,1H3,(H,12,14). The van der Waals surface area contributed by atoms with Crippen LogP contribution in [0.3, 0.4) is 0 Å². The Labute approximate surface area is 89.0 Å². The molecule has 0 aliphatic rings. The smallest absolute Gasteiger partial charge is 0.267 e. The third kappa shape index (κ3) is 4.03. The second-order valence-corrected chi connectivity index (χ2v) is 3.30. The number of rotatable bonds is 6. The summed E-state index contributed by atoms with van der Waals surface area (Å²) in [4.78, 5) is 14.3. The van der Waals surface area contributed by atoms with Crippen LogP contribution in [0.25, 0.3) is 0 Å². The fourth-order valence-electron chi connectivity index (χ4n) is 1.21. The van der Waals surface area contributed by atoms with Gasteiger partial charge in [0.25, 0.3) is 5.91 Å². The molecule has 1 rings (SSSR count). The number of carbonyl (C=O) groups excluding carboxylic acids is 1. The van der Waals surface area contributed by atoms with Crippen molar-refractivity contribution < 1.29 is 9.53 Å². The van der Waals surface area contributed by atoms with Gasteiger partial charge in [-0.15, -0.1) is 0 Å². The Morgan fingerprint density at radius 1 is 1.60 bits per heavy atom. The van der Waals surface area contributed by atoms with E-state index < -0.39 is 0 Å². The Hall–Kier alpha value is -1.49. The molecule has 5 heteroatoms. The largest absolute Gasteiger partial charge is 0.397 e.